The minimum atomic E-state index is 0.120. The van der Waals surface area contributed by atoms with Crippen LogP contribution in [0.3, 0.4) is 0 Å². The van der Waals surface area contributed by atoms with Crippen LogP contribution < -0.4 is 10.1 Å². The molecule has 0 bridgehead atoms. The Hall–Kier alpha value is -1.46. The predicted molar refractivity (Wildman–Crippen MR) is 82.1 cm³/mol. The summed E-state index contributed by atoms with van der Waals surface area (Å²) in [5.74, 6) is 0.642. The van der Waals surface area contributed by atoms with E-state index in [1.807, 2.05) is 18.3 Å². The van der Waals surface area contributed by atoms with Gasteiger partial charge in [-0.2, -0.15) is 0 Å². The minimum Gasteiger partial charge on any atom is -0.481 e. The van der Waals surface area contributed by atoms with Crippen molar-refractivity contribution in [2.45, 2.75) is 39.3 Å². The summed E-state index contributed by atoms with van der Waals surface area (Å²) in [5.41, 5.74) is 2.41. The van der Waals surface area contributed by atoms with Gasteiger partial charge in [0.1, 0.15) is 5.01 Å². The van der Waals surface area contributed by atoms with Crippen LogP contribution in [0, 0.1) is 0 Å². The van der Waals surface area contributed by atoms with Gasteiger partial charge in [0.25, 0.3) is 0 Å². The molecule has 1 N–H and O–H groups in total. The van der Waals surface area contributed by atoms with E-state index in [0.717, 1.165) is 29.4 Å². The maximum atomic E-state index is 5.04. The molecule has 108 valence electrons. The number of ether oxygens (including phenoxy) is 1. The van der Waals surface area contributed by atoms with Gasteiger partial charge >= 0.3 is 0 Å². The Labute approximate surface area is 124 Å². The number of methoxy groups -OCH3 is 1. The van der Waals surface area contributed by atoms with Crippen molar-refractivity contribution in [3.8, 4) is 5.88 Å². The molecule has 4 nitrogen and oxygen atoms in total. The van der Waals surface area contributed by atoms with Gasteiger partial charge in [0.15, 0.2) is 0 Å². The average Bonchev–Trinajstić information content (AvgIpc) is 2.88. The first kappa shape index (κ1) is 14.9. The molecule has 0 radical (unpaired) electrons. The first-order valence-corrected chi connectivity index (χ1v) is 7.51. The maximum absolute atomic E-state index is 5.04. The molecule has 2 aromatic heterocycles. The zero-order valence-corrected chi connectivity index (χ0v) is 13.3. The summed E-state index contributed by atoms with van der Waals surface area (Å²) in [6, 6.07) is 3.89. The number of pyridine rings is 1. The standard InChI is InChI=1S/C15H21N3OS/c1-15(2,3)12-10-20-14(18-12)9-16-7-11-5-6-13(19-4)17-8-11/h5-6,8,10,16H,7,9H2,1-4H3. The van der Waals surface area contributed by atoms with Crippen molar-refractivity contribution >= 4 is 11.3 Å². The lowest BCUT2D eigenvalue weighted by atomic mass is 9.93. The average molecular weight is 291 g/mol. The molecule has 0 amide bonds. The van der Waals surface area contributed by atoms with Crippen LogP contribution in [0.1, 0.15) is 37.0 Å². The van der Waals surface area contributed by atoms with Crippen molar-refractivity contribution in [3.05, 3.63) is 40.0 Å². The Bertz CT molecular complexity index is 543. The maximum Gasteiger partial charge on any atom is 0.212 e. The highest BCUT2D eigenvalue weighted by Crippen LogP contribution is 2.23. The van der Waals surface area contributed by atoms with Crippen molar-refractivity contribution in [3.63, 3.8) is 0 Å². The third kappa shape index (κ3) is 4.02. The molecule has 5 heteroatoms. The molecule has 0 spiro atoms. The van der Waals surface area contributed by atoms with E-state index in [4.69, 9.17) is 4.74 Å². The number of aromatic nitrogens is 2. The summed E-state index contributed by atoms with van der Waals surface area (Å²) < 4.78 is 5.04. The summed E-state index contributed by atoms with van der Waals surface area (Å²) in [5, 5.41) is 6.65. The lowest BCUT2D eigenvalue weighted by Crippen LogP contribution is -2.14. The van der Waals surface area contributed by atoms with Crippen LogP contribution in [-0.2, 0) is 18.5 Å². The van der Waals surface area contributed by atoms with E-state index >= 15 is 0 Å². The van der Waals surface area contributed by atoms with Crippen molar-refractivity contribution < 1.29 is 4.74 Å². The Morgan fingerprint density at radius 1 is 1.25 bits per heavy atom. The molecule has 20 heavy (non-hydrogen) atoms. The summed E-state index contributed by atoms with van der Waals surface area (Å²) in [6.45, 7) is 8.11. The highest BCUT2D eigenvalue weighted by atomic mass is 32.1. The Kier molecular flexibility index (Phi) is 4.73. The van der Waals surface area contributed by atoms with Gasteiger partial charge in [0.2, 0.25) is 5.88 Å². The van der Waals surface area contributed by atoms with Crippen molar-refractivity contribution in [2.75, 3.05) is 7.11 Å². The van der Waals surface area contributed by atoms with Gasteiger partial charge < -0.3 is 10.1 Å². The molecule has 0 saturated heterocycles. The lowest BCUT2D eigenvalue weighted by Gasteiger charge is -2.14. The fourth-order valence-corrected chi connectivity index (χ4v) is 2.68. The fourth-order valence-electron chi connectivity index (χ4n) is 1.69. The number of nitrogens with zero attached hydrogens (tertiary/aromatic N) is 2. The van der Waals surface area contributed by atoms with E-state index in [1.165, 1.54) is 0 Å². The zero-order valence-electron chi connectivity index (χ0n) is 12.4. The fraction of sp³-hybridized carbons (Fsp3) is 0.467. The van der Waals surface area contributed by atoms with Crippen molar-refractivity contribution in [1.82, 2.24) is 15.3 Å². The molecule has 0 aliphatic heterocycles. The second-order valence-corrected chi connectivity index (χ2v) is 6.63. The molecular formula is C15H21N3OS. The van der Waals surface area contributed by atoms with Crippen LogP contribution in [0.2, 0.25) is 0 Å². The van der Waals surface area contributed by atoms with Crippen LogP contribution in [0.25, 0.3) is 0 Å². The number of hydrogen-bond donors (Lipinski definition) is 1. The topological polar surface area (TPSA) is 47.0 Å². The summed E-state index contributed by atoms with van der Waals surface area (Å²) >= 11 is 1.71. The van der Waals surface area contributed by atoms with E-state index in [9.17, 15) is 0 Å². The molecular weight excluding hydrogens is 270 g/mol. The van der Waals surface area contributed by atoms with E-state index in [1.54, 1.807) is 18.4 Å². The van der Waals surface area contributed by atoms with Gasteiger partial charge in [0.05, 0.1) is 12.8 Å². The molecule has 0 aliphatic carbocycles. The van der Waals surface area contributed by atoms with Gasteiger partial charge in [-0.3, -0.25) is 0 Å². The normalized spacial score (nSPS) is 11.6. The van der Waals surface area contributed by atoms with E-state index in [-0.39, 0.29) is 5.41 Å². The monoisotopic (exact) mass is 291 g/mol. The largest absolute Gasteiger partial charge is 0.481 e. The Balaban J connectivity index is 1.84. The molecule has 0 aliphatic rings. The highest BCUT2D eigenvalue weighted by molar-refractivity contribution is 7.09. The van der Waals surface area contributed by atoms with E-state index < -0.39 is 0 Å². The Morgan fingerprint density at radius 2 is 2.05 bits per heavy atom. The second-order valence-electron chi connectivity index (χ2n) is 5.69. The number of rotatable bonds is 5. The molecule has 0 fully saturated rings. The molecule has 2 heterocycles. The minimum absolute atomic E-state index is 0.120. The summed E-state index contributed by atoms with van der Waals surface area (Å²) in [7, 11) is 1.62. The first-order valence-electron chi connectivity index (χ1n) is 6.63. The van der Waals surface area contributed by atoms with Crippen molar-refractivity contribution in [2.24, 2.45) is 0 Å². The third-order valence-electron chi connectivity index (χ3n) is 2.93. The summed E-state index contributed by atoms with van der Waals surface area (Å²) in [6.07, 6.45) is 1.83. The van der Waals surface area contributed by atoms with Crippen LogP contribution in [0.4, 0.5) is 0 Å². The summed E-state index contributed by atoms with van der Waals surface area (Å²) in [4.78, 5) is 8.84. The van der Waals surface area contributed by atoms with E-state index in [0.29, 0.717) is 5.88 Å². The van der Waals surface area contributed by atoms with Crippen LogP contribution >= 0.6 is 11.3 Å². The molecule has 0 unspecified atom stereocenters. The SMILES string of the molecule is COc1ccc(CNCc2nc(C(C)(C)C)cs2)cn1. The zero-order chi connectivity index (χ0) is 14.6. The number of hydrogen-bond acceptors (Lipinski definition) is 5. The highest BCUT2D eigenvalue weighted by Gasteiger charge is 2.17. The van der Waals surface area contributed by atoms with Crippen LogP contribution in [0.15, 0.2) is 23.7 Å². The van der Waals surface area contributed by atoms with Crippen LogP contribution in [0.5, 0.6) is 5.88 Å². The smallest absolute Gasteiger partial charge is 0.212 e. The number of nitrogens with one attached hydrogen (secondary N) is 1. The second kappa shape index (κ2) is 6.33. The van der Waals surface area contributed by atoms with E-state index in [2.05, 4.69) is 41.4 Å². The lowest BCUT2D eigenvalue weighted by molar-refractivity contribution is 0.397. The van der Waals surface area contributed by atoms with Gasteiger partial charge in [-0.25, -0.2) is 9.97 Å². The molecule has 0 aromatic carbocycles. The third-order valence-corrected chi connectivity index (χ3v) is 3.78. The predicted octanol–water partition coefficient (Wildman–Crippen LogP) is 3.13. The first-order chi connectivity index (χ1) is 9.49. The van der Waals surface area contributed by atoms with Crippen LogP contribution in [-0.4, -0.2) is 17.1 Å². The molecule has 2 rings (SSSR count). The quantitative estimate of drug-likeness (QED) is 0.919. The number of thiazole rings is 1. The van der Waals surface area contributed by atoms with Crippen molar-refractivity contribution in [1.29, 1.82) is 0 Å². The van der Waals surface area contributed by atoms with Gasteiger partial charge in [-0.1, -0.05) is 26.8 Å². The Morgan fingerprint density at radius 3 is 2.60 bits per heavy atom. The van der Waals surface area contributed by atoms with Gasteiger partial charge in [0, 0.05) is 36.1 Å². The van der Waals surface area contributed by atoms with Gasteiger partial charge in [-0.15, -0.1) is 11.3 Å². The molecule has 0 atom stereocenters. The molecule has 2 aromatic rings. The molecule has 0 saturated carbocycles. The van der Waals surface area contributed by atoms with Gasteiger partial charge in [-0.05, 0) is 5.56 Å².